The molecule has 3 N–H and O–H groups in total. The lowest BCUT2D eigenvalue weighted by Crippen LogP contribution is -2.50. The van der Waals surface area contributed by atoms with Crippen molar-refractivity contribution in [3.8, 4) is 0 Å². The second-order valence-corrected chi connectivity index (χ2v) is 5.12. The molecule has 0 aromatic rings. The molecule has 0 aromatic carbocycles. The highest BCUT2D eigenvalue weighted by atomic mass is 16.5. The van der Waals surface area contributed by atoms with Crippen molar-refractivity contribution in [1.82, 2.24) is 5.32 Å². The first kappa shape index (κ1) is 17.1. The van der Waals surface area contributed by atoms with Crippen LogP contribution in [-0.2, 0) is 14.3 Å². The van der Waals surface area contributed by atoms with E-state index < -0.39 is 6.04 Å². The maximum Gasteiger partial charge on any atom is 0.239 e. The molecule has 106 valence electrons. The number of hydrogen-bond donors (Lipinski definition) is 2. The van der Waals surface area contributed by atoms with E-state index >= 15 is 0 Å². The van der Waals surface area contributed by atoms with Crippen molar-refractivity contribution in [3.05, 3.63) is 12.7 Å². The second kappa shape index (κ2) is 8.24. The van der Waals surface area contributed by atoms with Gasteiger partial charge in [0, 0.05) is 6.54 Å². The first-order valence-electron chi connectivity index (χ1n) is 6.17. The minimum absolute atomic E-state index is 0.228. The number of nitrogens with two attached hydrogens (primary N) is 1. The third kappa shape index (κ3) is 8.22. The van der Waals surface area contributed by atoms with Crippen LogP contribution in [0.4, 0.5) is 0 Å². The van der Waals surface area contributed by atoms with E-state index in [1.54, 1.807) is 13.0 Å². The lowest BCUT2D eigenvalue weighted by Gasteiger charge is -2.28. The van der Waals surface area contributed by atoms with Crippen LogP contribution in [0.1, 0.15) is 27.7 Å². The summed E-state index contributed by atoms with van der Waals surface area (Å²) in [4.78, 5) is 11.7. The van der Waals surface area contributed by atoms with Crippen molar-refractivity contribution in [1.29, 1.82) is 0 Å². The Bertz CT molecular complexity index is 261. The third-order valence-electron chi connectivity index (χ3n) is 2.13. The molecule has 0 aliphatic rings. The van der Waals surface area contributed by atoms with E-state index in [4.69, 9.17) is 15.2 Å². The molecule has 0 fully saturated rings. The van der Waals surface area contributed by atoms with Crippen LogP contribution in [0, 0.1) is 0 Å². The Morgan fingerprint density at radius 1 is 1.50 bits per heavy atom. The predicted octanol–water partition coefficient (Wildman–Crippen LogP) is 0.836. The lowest BCUT2D eigenvalue weighted by atomic mass is 10.1. The minimum atomic E-state index is -0.677. The summed E-state index contributed by atoms with van der Waals surface area (Å²) in [5.41, 5.74) is 5.50. The highest BCUT2D eigenvalue weighted by Gasteiger charge is 2.25. The number of ether oxygens (including phenoxy) is 2. The molecule has 0 bridgehead atoms. The van der Waals surface area contributed by atoms with Crippen LogP contribution in [0.3, 0.4) is 0 Å². The molecule has 1 amide bonds. The standard InChI is InChI=1S/C13H26N2O3/c1-6-8-17-9-7-15-12(16)11(14)10(2)18-13(3,4)5/h6,10-11H,1,7-9,14H2,2-5H3,(H,15,16)/t10-,11+/m1/s1. The van der Waals surface area contributed by atoms with Gasteiger partial charge < -0.3 is 20.5 Å². The van der Waals surface area contributed by atoms with Gasteiger partial charge in [0.05, 0.1) is 24.9 Å². The monoisotopic (exact) mass is 258 g/mol. The van der Waals surface area contributed by atoms with Gasteiger partial charge >= 0.3 is 0 Å². The molecule has 0 saturated carbocycles. The summed E-state index contributed by atoms with van der Waals surface area (Å²) in [6.07, 6.45) is 1.33. The molecule has 0 aliphatic carbocycles. The Labute approximate surface area is 110 Å². The maximum atomic E-state index is 11.7. The van der Waals surface area contributed by atoms with Gasteiger partial charge in [0.2, 0.25) is 5.91 Å². The molecule has 0 rings (SSSR count). The molecular formula is C13H26N2O3. The largest absolute Gasteiger partial charge is 0.376 e. The molecule has 2 atom stereocenters. The Kier molecular flexibility index (Phi) is 7.82. The van der Waals surface area contributed by atoms with Crippen molar-refractivity contribution >= 4 is 5.91 Å². The van der Waals surface area contributed by atoms with Gasteiger partial charge in [-0.2, -0.15) is 0 Å². The van der Waals surface area contributed by atoms with Gasteiger partial charge in [0.15, 0.2) is 0 Å². The zero-order valence-corrected chi connectivity index (χ0v) is 11.9. The zero-order chi connectivity index (χ0) is 14.2. The fraction of sp³-hybridized carbons (Fsp3) is 0.769. The van der Waals surface area contributed by atoms with E-state index in [1.807, 2.05) is 20.8 Å². The molecule has 5 heteroatoms. The van der Waals surface area contributed by atoms with Crippen LogP contribution in [0.5, 0.6) is 0 Å². The van der Waals surface area contributed by atoms with E-state index in [9.17, 15) is 4.79 Å². The van der Waals surface area contributed by atoms with Crippen LogP contribution in [-0.4, -0.2) is 43.4 Å². The van der Waals surface area contributed by atoms with Crippen molar-refractivity contribution in [2.45, 2.75) is 45.4 Å². The average molecular weight is 258 g/mol. The minimum Gasteiger partial charge on any atom is -0.376 e. The van der Waals surface area contributed by atoms with Crippen LogP contribution < -0.4 is 11.1 Å². The molecule has 0 radical (unpaired) electrons. The van der Waals surface area contributed by atoms with Gasteiger partial charge in [-0.25, -0.2) is 0 Å². The molecule has 0 aliphatic heterocycles. The van der Waals surface area contributed by atoms with Crippen LogP contribution in [0.25, 0.3) is 0 Å². The van der Waals surface area contributed by atoms with Gasteiger partial charge in [-0.05, 0) is 27.7 Å². The Morgan fingerprint density at radius 2 is 2.11 bits per heavy atom. The third-order valence-corrected chi connectivity index (χ3v) is 2.13. The fourth-order valence-electron chi connectivity index (χ4n) is 1.38. The Balaban J connectivity index is 3.91. The van der Waals surface area contributed by atoms with Gasteiger partial charge in [0.25, 0.3) is 0 Å². The molecule has 0 saturated heterocycles. The highest BCUT2D eigenvalue weighted by Crippen LogP contribution is 2.12. The summed E-state index contributed by atoms with van der Waals surface area (Å²) in [7, 11) is 0. The second-order valence-electron chi connectivity index (χ2n) is 5.12. The molecular weight excluding hydrogens is 232 g/mol. The molecule has 0 heterocycles. The first-order valence-corrected chi connectivity index (χ1v) is 6.17. The molecule has 0 aromatic heterocycles. The Morgan fingerprint density at radius 3 is 2.61 bits per heavy atom. The summed E-state index contributed by atoms with van der Waals surface area (Å²) < 4.78 is 10.8. The van der Waals surface area contributed by atoms with Gasteiger partial charge in [-0.15, -0.1) is 6.58 Å². The van der Waals surface area contributed by atoms with E-state index in [0.29, 0.717) is 19.8 Å². The highest BCUT2D eigenvalue weighted by molar-refractivity contribution is 5.82. The van der Waals surface area contributed by atoms with Gasteiger partial charge in [0.1, 0.15) is 6.04 Å². The summed E-state index contributed by atoms with van der Waals surface area (Å²) in [5, 5.41) is 2.70. The van der Waals surface area contributed by atoms with Crippen LogP contribution >= 0.6 is 0 Å². The van der Waals surface area contributed by atoms with E-state index in [-0.39, 0.29) is 17.6 Å². The van der Waals surface area contributed by atoms with Crippen molar-refractivity contribution in [2.24, 2.45) is 5.73 Å². The van der Waals surface area contributed by atoms with Crippen molar-refractivity contribution in [3.63, 3.8) is 0 Å². The summed E-state index contributed by atoms with van der Waals surface area (Å²) >= 11 is 0. The average Bonchev–Trinajstić information content (AvgIpc) is 2.25. The Hall–Kier alpha value is -0.910. The number of carbonyl (C=O) groups is 1. The molecule has 5 nitrogen and oxygen atoms in total. The van der Waals surface area contributed by atoms with Crippen molar-refractivity contribution in [2.75, 3.05) is 19.8 Å². The zero-order valence-electron chi connectivity index (χ0n) is 11.9. The fourth-order valence-corrected chi connectivity index (χ4v) is 1.38. The van der Waals surface area contributed by atoms with E-state index in [1.165, 1.54) is 0 Å². The van der Waals surface area contributed by atoms with Gasteiger partial charge in [-0.3, -0.25) is 4.79 Å². The molecule has 0 spiro atoms. The topological polar surface area (TPSA) is 73.6 Å². The summed E-state index contributed by atoms with van der Waals surface area (Å²) in [6.45, 7) is 12.5. The van der Waals surface area contributed by atoms with Crippen LogP contribution in [0.2, 0.25) is 0 Å². The maximum absolute atomic E-state index is 11.7. The number of nitrogens with one attached hydrogen (secondary N) is 1. The summed E-state index contributed by atoms with van der Waals surface area (Å²) in [6, 6.07) is -0.677. The lowest BCUT2D eigenvalue weighted by molar-refractivity contribution is -0.129. The van der Waals surface area contributed by atoms with E-state index in [2.05, 4.69) is 11.9 Å². The van der Waals surface area contributed by atoms with Crippen LogP contribution in [0.15, 0.2) is 12.7 Å². The number of carbonyl (C=O) groups excluding carboxylic acids is 1. The normalized spacial score (nSPS) is 14.9. The number of amides is 1. The first-order chi connectivity index (χ1) is 8.28. The molecule has 0 unspecified atom stereocenters. The number of rotatable bonds is 8. The molecule has 18 heavy (non-hydrogen) atoms. The predicted molar refractivity (Wildman–Crippen MR) is 72.3 cm³/mol. The SMILES string of the molecule is C=CCOCCNC(=O)[C@@H](N)[C@@H](C)OC(C)(C)C. The smallest absolute Gasteiger partial charge is 0.239 e. The quantitative estimate of drug-likeness (QED) is 0.500. The summed E-state index contributed by atoms with van der Waals surface area (Å²) in [5.74, 6) is -0.228. The van der Waals surface area contributed by atoms with Crippen molar-refractivity contribution < 1.29 is 14.3 Å². The number of hydrogen-bond acceptors (Lipinski definition) is 4. The van der Waals surface area contributed by atoms with E-state index in [0.717, 1.165) is 0 Å². The van der Waals surface area contributed by atoms with Gasteiger partial charge in [-0.1, -0.05) is 6.08 Å².